The maximum atomic E-state index is 11.0. The fraction of sp³-hybridized carbons (Fsp3) is 0.300. The van der Waals surface area contributed by atoms with Crippen LogP contribution in [0.3, 0.4) is 0 Å². The molecule has 1 N–H and O–H groups in total. The highest BCUT2D eigenvalue weighted by Gasteiger charge is 2.21. The highest BCUT2D eigenvalue weighted by molar-refractivity contribution is 5.95. The number of hydrogen-bond acceptors (Lipinski definition) is 4. The van der Waals surface area contributed by atoms with Gasteiger partial charge in [-0.2, -0.15) is 0 Å². The summed E-state index contributed by atoms with van der Waals surface area (Å²) in [5.74, 6) is 0.0960. The predicted molar refractivity (Wildman–Crippen MR) is 53.9 cm³/mol. The second kappa shape index (κ2) is 3.34. The number of nitrogens with zero attached hydrogens (tertiary/aromatic N) is 1. The average Bonchev–Trinajstić information content (AvgIpc) is 2.61. The fourth-order valence-electron chi connectivity index (χ4n) is 1.47. The van der Waals surface area contributed by atoms with Gasteiger partial charge in [-0.3, -0.25) is 0 Å². The van der Waals surface area contributed by atoms with Gasteiger partial charge in [-0.05, 0) is 0 Å². The van der Waals surface area contributed by atoms with Gasteiger partial charge < -0.3 is 19.5 Å². The Balaban J connectivity index is 2.57. The van der Waals surface area contributed by atoms with Crippen LogP contribution < -0.4 is 14.4 Å². The molecule has 0 unspecified atom stereocenters. The molecule has 0 saturated heterocycles. The van der Waals surface area contributed by atoms with Crippen LogP contribution in [0.25, 0.3) is 0 Å². The first-order chi connectivity index (χ1) is 7.09. The number of fused-ring (bicyclic) bond motifs is 1. The summed E-state index contributed by atoms with van der Waals surface area (Å²) in [6, 6.07) is 3.16. The Morgan fingerprint density at radius 1 is 1.33 bits per heavy atom. The van der Waals surface area contributed by atoms with Gasteiger partial charge in [0.25, 0.3) is 0 Å². The molecule has 0 saturated carbocycles. The average molecular weight is 209 g/mol. The monoisotopic (exact) mass is 209 g/mol. The van der Waals surface area contributed by atoms with Crippen LogP contribution in [0.2, 0.25) is 0 Å². The molecule has 0 radical (unpaired) electrons. The second-order valence-corrected chi connectivity index (χ2v) is 3.42. The van der Waals surface area contributed by atoms with Crippen molar-refractivity contribution in [3.8, 4) is 11.5 Å². The molecule has 0 amide bonds. The number of ether oxygens (including phenoxy) is 2. The van der Waals surface area contributed by atoms with Gasteiger partial charge in [-0.1, -0.05) is 0 Å². The van der Waals surface area contributed by atoms with Crippen LogP contribution in [0, 0.1) is 0 Å². The minimum Gasteiger partial charge on any atom is -0.478 e. The number of anilines is 1. The molecule has 0 spiro atoms. The molecule has 15 heavy (non-hydrogen) atoms. The quantitative estimate of drug-likeness (QED) is 0.792. The zero-order chi connectivity index (χ0) is 11.0. The van der Waals surface area contributed by atoms with Crippen molar-refractivity contribution in [2.45, 2.75) is 0 Å². The minimum absolute atomic E-state index is 0.144. The molecular weight excluding hydrogens is 198 g/mol. The predicted octanol–water partition coefficient (Wildman–Crippen LogP) is 1.18. The van der Waals surface area contributed by atoms with Crippen LogP contribution in [-0.4, -0.2) is 32.0 Å². The molecule has 0 aromatic heterocycles. The van der Waals surface area contributed by atoms with Crippen molar-refractivity contribution in [2.24, 2.45) is 0 Å². The molecule has 1 aromatic carbocycles. The van der Waals surface area contributed by atoms with Crippen molar-refractivity contribution in [1.82, 2.24) is 0 Å². The van der Waals surface area contributed by atoms with Gasteiger partial charge in [0.2, 0.25) is 6.79 Å². The molecule has 5 nitrogen and oxygen atoms in total. The summed E-state index contributed by atoms with van der Waals surface area (Å²) >= 11 is 0. The molecule has 1 aliphatic heterocycles. The van der Waals surface area contributed by atoms with Crippen LogP contribution >= 0.6 is 0 Å². The summed E-state index contributed by atoms with van der Waals surface area (Å²) in [6.45, 7) is 0.144. The molecule has 2 rings (SSSR count). The van der Waals surface area contributed by atoms with E-state index in [-0.39, 0.29) is 12.4 Å². The molecule has 0 aliphatic carbocycles. The largest absolute Gasteiger partial charge is 0.478 e. The van der Waals surface area contributed by atoms with Crippen molar-refractivity contribution in [3.05, 3.63) is 17.7 Å². The normalized spacial score (nSPS) is 12.7. The van der Waals surface area contributed by atoms with Crippen LogP contribution in [0.1, 0.15) is 10.4 Å². The Bertz CT molecular complexity index is 414. The molecule has 5 heteroatoms. The lowest BCUT2D eigenvalue weighted by Gasteiger charge is -2.15. The topological polar surface area (TPSA) is 59.0 Å². The summed E-state index contributed by atoms with van der Waals surface area (Å²) in [4.78, 5) is 12.7. The first kappa shape index (κ1) is 9.64. The van der Waals surface area contributed by atoms with Gasteiger partial charge in [0.15, 0.2) is 11.5 Å². The smallest absolute Gasteiger partial charge is 0.337 e. The van der Waals surface area contributed by atoms with E-state index >= 15 is 0 Å². The lowest BCUT2D eigenvalue weighted by molar-refractivity contribution is 0.0697. The standard InChI is InChI=1S/C10H11NO4/c1-11(2)7-4-9-8(14-5-15-9)3-6(7)10(12)13/h3-4H,5H2,1-2H3,(H,12,13). The van der Waals surface area contributed by atoms with Crippen molar-refractivity contribution < 1.29 is 19.4 Å². The van der Waals surface area contributed by atoms with Crippen molar-refractivity contribution in [2.75, 3.05) is 25.8 Å². The number of aromatic carboxylic acids is 1. The van der Waals surface area contributed by atoms with E-state index in [0.717, 1.165) is 0 Å². The highest BCUT2D eigenvalue weighted by Crippen LogP contribution is 2.37. The van der Waals surface area contributed by atoms with Gasteiger partial charge in [-0.25, -0.2) is 4.79 Å². The van der Waals surface area contributed by atoms with E-state index in [4.69, 9.17) is 14.6 Å². The number of hydrogen-bond donors (Lipinski definition) is 1. The number of benzene rings is 1. The van der Waals surface area contributed by atoms with E-state index in [0.29, 0.717) is 17.2 Å². The Kier molecular flexibility index (Phi) is 2.15. The zero-order valence-electron chi connectivity index (χ0n) is 8.48. The fourth-order valence-corrected chi connectivity index (χ4v) is 1.47. The molecule has 1 aliphatic rings. The van der Waals surface area contributed by atoms with Crippen LogP contribution in [0.5, 0.6) is 11.5 Å². The van der Waals surface area contributed by atoms with E-state index in [1.165, 1.54) is 6.07 Å². The van der Waals surface area contributed by atoms with E-state index < -0.39 is 5.97 Å². The zero-order valence-corrected chi connectivity index (χ0v) is 8.48. The SMILES string of the molecule is CN(C)c1cc2c(cc1C(=O)O)OCO2. The van der Waals surface area contributed by atoms with E-state index in [1.807, 2.05) is 0 Å². The second-order valence-electron chi connectivity index (χ2n) is 3.42. The third kappa shape index (κ3) is 1.56. The van der Waals surface area contributed by atoms with Gasteiger partial charge in [-0.15, -0.1) is 0 Å². The van der Waals surface area contributed by atoms with Gasteiger partial charge in [0.1, 0.15) is 0 Å². The first-order valence-corrected chi connectivity index (χ1v) is 4.44. The number of carboxylic acid groups (broad SMARTS) is 1. The lowest BCUT2D eigenvalue weighted by atomic mass is 10.1. The Morgan fingerprint density at radius 2 is 1.93 bits per heavy atom. The molecule has 1 aromatic rings. The van der Waals surface area contributed by atoms with E-state index in [1.54, 1.807) is 25.1 Å². The molecule has 0 atom stereocenters. The Labute approximate surface area is 86.8 Å². The summed E-state index contributed by atoms with van der Waals surface area (Å²) < 4.78 is 10.3. The summed E-state index contributed by atoms with van der Waals surface area (Å²) in [6.07, 6.45) is 0. The molecule has 0 fully saturated rings. The summed E-state index contributed by atoms with van der Waals surface area (Å²) in [5.41, 5.74) is 0.816. The van der Waals surface area contributed by atoms with Crippen LogP contribution in [0.15, 0.2) is 12.1 Å². The van der Waals surface area contributed by atoms with Crippen LogP contribution in [-0.2, 0) is 0 Å². The maximum Gasteiger partial charge on any atom is 0.337 e. The lowest BCUT2D eigenvalue weighted by Crippen LogP contribution is -2.13. The maximum absolute atomic E-state index is 11.0. The third-order valence-corrected chi connectivity index (χ3v) is 2.20. The molecule has 1 heterocycles. The molecule has 0 bridgehead atoms. The van der Waals surface area contributed by atoms with Gasteiger partial charge >= 0.3 is 5.97 Å². The van der Waals surface area contributed by atoms with E-state index in [2.05, 4.69) is 0 Å². The van der Waals surface area contributed by atoms with E-state index in [9.17, 15) is 4.79 Å². The summed E-state index contributed by atoms with van der Waals surface area (Å²) in [5, 5.41) is 9.02. The van der Waals surface area contributed by atoms with Crippen molar-refractivity contribution in [3.63, 3.8) is 0 Å². The number of carboxylic acids is 1. The first-order valence-electron chi connectivity index (χ1n) is 4.44. The Hall–Kier alpha value is -1.91. The third-order valence-electron chi connectivity index (χ3n) is 2.20. The highest BCUT2D eigenvalue weighted by atomic mass is 16.7. The molecule has 80 valence electrons. The van der Waals surface area contributed by atoms with Gasteiger partial charge in [0, 0.05) is 26.2 Å². The van der Waals surface area contributed by atoms with Crippen molar-refractivity contribution in [1.29, 1.82) is 0 Å². The number of carbonyl (C=O) groups is 1. The molecular formula is C10H11NO4. The van der Waals surface area contributed by atoms with Gasteiger partial charge in [0.05, 0.1) is 11.3 Å². The van der Waals surface area contributed by atoms with Crippen molar-refractivity contribution >= 4 is 11.7 Å². The number of rotatable bonds is 2. The van der Waals surface area contributed by atoms with Crippen LogP contribution in [0.4, 0.5) is 5.69 Å². The summed E-state index contributed by atoms with van der Waals surface area (Å²) in [7, 11) is 3.56. The Morgan fingerprint density at radius 3 is 2.47 bits per heavy atom. The minimum atomic E-state index is -0.975.